The molecule has 3 nitrogen and oxygen atoms in total. The Bertz CT molecular complexity index is 1080. The summed E-state index contributed by atoms with van der Waals surface area (Å²) in [5.41, 5.74) is 3.55. The monoisotopic (exact) mass is 428 g/mol. The second kappa shape index (κ2) is 11.6. The molecule has 0 radical (unpaired) electrons. The summed E-state index contributed by atoms with van der Waals surface area (Å²) in [5, 5.41) is 0. The molecule has 0 atom stereocenters. The van der Waals surface area contributed by atoms with Crippen molar-refractivity contribution in [2.75, 3.05) is 0 Å². The third kappa shape index (κ3) is 7.17. The number of hydrogen-bond donors (Lipinski definition) is 0. The maximum Gasteiger partial charge on any atom is 0.311 e. The van der Waals surface area contributed by atoms with Crippen molar-refractivity contribution in [1.82, 2.24) is 0 Å². The first-order valence-corrected chi connectivity index (χ1v) is 10.5. The van der Waals surface area contributed by atoms with E-state index in [-0.39, 0.29) is 17.6 Å². The fraction of sp³-hybridized carbons (Fsp3) is 0.143. The van der Waals surface area contributed by atoms with Gasteiger partial charge in [0, 0.05) is 12.0 Å². The summed E-state index contributed by atoms with van der Waals surface area (Å²) >= 11 is 0. The van der Waals surface area contributed by atoms with E-state index in [2.05, 4.69) is 18.7 Å². The highest BCUT2D eigenvalue weighted by Gasteiger charge is 2.06. The lowest BCUT2D eigenvalue weighted by Crippen LogP contribution is -2.07. The van der Waals surface area contributed by atoms with Crippen molar-refractivity contribution in [2.24, 2.45) is 0 Å². The van der Waals surface area contributed by atoms with E-state index in [0.717, 1.165) is 30.4 Å². The first-order valence-electron chi connectivity index (χ1n) is 10.5. The van der Waals surface area contributed by atoms with E-state index in [1.807, 2.05) is 18.2 Å². The molecule has 4 heteroatoms. The Balaban J connectivity index is 1.41. The van der Waals surface area contributed by atoms with Gasteiger partial charge in [-0.3, -0.25) is 9.59 Å². The van der Waals surface area contributed by atoms with E-state index in [9.17, 15) is 14.0 Å². The fourth-order valence-corrected chi connectivity index (χ4v) is 3.13. The van der Waals surface area contributed by atoms with Crippen LogP contribution in [0.15, 0.2) is 85.5 Å². The first-order chi connectivity index (χ1) is 15.5. The van der Waals surface area contributed by atoms with Gasteiger partial charge in [0.15, 0.2) is 5.78 Å². The second-order valence-electron chi connectivity index (χ2n) is 7.40. The van der Waals surface area contributed by atoms with Crippen LogP contribution in [0, 0.1) is 5.82 Å². The average Bonchev–Trinajstić information content (AvgIpc) is 2.82. The zero-order chi connectivity index (χ0) is 22.8. The highest BCUT2D eigenvalue weighted by atomic mass is 19.1. The van der Waals surface area contributed by atoms with Crippen LogP contribution in [0.1, 0.15) is 46.3 Å². The molecule has 3 rings (SSSR count). The summed E-state index contributed by atoms with van der Waals surface area (Å²) in [6.45, 7) is 3.75. The van der Waals surface area contributed by atoms with Gasteiger partial charge in [-0.05, 0) is 78.4 Å². The minimum absolute atomic E-state index is 0.211. The molecular formula is C28H25FO3. The van der Waals surface area contributed by atoms with Gasteiger partial charge in [0.25, 0.3) is 0 Å². The van der Waals surface area contributed by atoms with E-state index in [4.69, 9.17) is 4.74 Å². The van der Waals surface area contributed by atoms with Crippen molar-refractivity contribution in [1.29, 1.82) is 0 Å². The van der Waals surface area contributed by atoms with Crippen LogP contribution in [0.25, 0.3) is 12.2 Å². The molecule has 0 aliphatic rings. The fourth-order valence-electron chi connectivity index (χ4n) is 3.13. The topological polar surface area (TPSA) is 43.4 Å². The molecule has 162 valence electrons. The van der Waals surface area contributed by atoms with Crippen LogP contribution >= 0.6 is 0 Å². The number of benzene rings is 3. The highest BCUT2D eigenvalue weighted by Crippen LogP contribution is 2.16. The van der Waals surface area contributed by atoms with Crippen LogP contribution < -0.4 is 4.74 Å². The summed E-state index contributed by atoms with van der Waals surface area (Å²) < 4.78 is 18.3. The maximum atomic E-state index is 12.9. The quantitative estimate of drug-likeness (QED) is 0.119. The zero-order valence-corrected chi connectivity index (χ0v) is 17.8. The van der Waals surface area contributed by atoms with Gasteiger partial charge in [-0.2, -0.15) is 0 Å². The lowest BCUT2D eigenvalue weighted by atomic mass is 10.1. The number of halogens is 1. The Hall–Kier alpha value is -3.79. The number of carbonyl (C=O) groups is 2. The normalized spacial score (nSPS) is 10.8. The summed E-state index contributed by atoms with van der Waals surface area (Å²) in [5.74, 6) is -0.384. The number of unbranched alkanes of at least 4 members (excludes halogenated alkanes) is 1. The predicted molar refractivity (Wildman–Crippen MR) is 126 cm³/mol. The van der Waals surface area contributed by atoms with Gasteiger partial charge in [-0.1, -0.05) is 55.1 Å². The lowest BCUT2D eigenvalue weighted by molar-refractivity contribution is -0.134. The second-order valence-corrected chi connectivity index (χ2v) is 7.40. The molecule has 0 aliphatic heterocycles. The molecule has 3 aromatic rings. The minimum atomic E-state index is -0.380. The number of rotatable bonds is 10. The first kappa shape index (κ1) is 22.9. The van der Waals surface area contributed by atoms with E-state index >= 15 is 0 Å². The third-order valence-electron chi connectivity index (χ3n) is 4.98. The van der Waals surface area contributed by atoms with Gasteiger partial charge in [0.05, 0.1) is 0 Å². The average molecular weight is 429 g/mol. The molecule has 0 aromatic heterocycles. The molecule has 0 amide bonds. The Morgan fingerprint density at radius 2 is 1.50 bits per heavy atom. The zero-order valence-electron chi connectivity index (χ0n) is 17.8. The van der Waals surface area contributed by atoms with Crippen LogP contribution in [0.5, 0.6) is 5.75 Å². The molecule has 0 spiro atoms. The van der Waals surface area contributed by atoms with Crippen LogP contribution in [0.4, 0.5) is 4.39 Å². The number of hydrogen-bond acceptors (Lipinski definition) is 3. The SMILES string of the molecule is C=Cc1ccc(CCCCC(=O)Oc2ccc(C=CC(=O)c3ccc(F)cc3)cc2)cc1. The van der Waals surface area contributed by atoms with E-state index in [1.165, 1.54) is 35.9 Å². The lowest BCUT2D eigenvalue weighted by Gasteiger charge is -2.05. The summed E-state index contributed by atoms with van der Waals surface area (Å²) in [6, 6.07) is 20.6. The van der Waals surface area contributed by atoms with E-state index in [1.54, 1.807) is 30.3 Å². The van der Waals surface area contributed by atoms with Gasteiger partial charge in [0.1, 0.15) is 11.6 Å². The van der Waals surface area contributed by atoms with Crippen LogP contribution in [-0.2, 0) is 11.2 Å². The van der Waals surface area contributed by atoms with Crippen LogP contribution in [0.2, 0.25) is 0 Å². The predicted octanol–water partition coefficient (Wildman–Crippen LogP) is 6.68. The minimum Gasteiger partial charge on any atom is -0.427 e. The van der Waals surface area contributed by atoms with Crippen LogP contribution in [0.3, 0.4) is 0 Å². The molecule has 0 bridgehead atoms. The van der Waals surface area contributed by atoms with Crippen molar-refractivity contribution >= 4 is 23.9 Å². The largest absolute Gasteiger partial charge is 0.427 e. The Labute approximate surface area is 187 Å². The summed E-state index contributed by atoms with van der Waals surface area (Å²) in [7, 11) is 0. The Morgan fingerprint density at radius 1 is 0.844 bits per heavy atom. The van der Waals surface area contributed by atoms with Crippen molar-refractivity contribution in [3.63, 3.8) is 0 Å². The van der Waals surface area contributed by atoms with E-state index in [0.29, 0.717) is 17.7 Å². The van der Waals surface area contributed by atoms with Gasteiger partial charge < -0.3 is 4.74 Å². The number of carbonyl (C=O) groups excluding carboxylic acids is 2. The summed E-state index contributed by atoms with van der Waals surface area (Å²) in [6.07, 6.45) is 7.86. The number of allylic oxidation sites excluding steroid dienone is 1. The third-order valence-corrected chi connectivity index (χ3v) is 4.98. The maximum absolute atomic E-state index is 12.9. The molecule has 0 aliphatic carbocycles. The van der Waals surface area contributed by atoms with E-state index < -0.39 is 0 Å². The van der Waals surface area contributed by atoms with Gasteiger partial charge in [0.2, 0.25) is 0 Å². The van der Waals surface area contributed by atoms with Gasteiger partial charge in [-0.25, -0.2) is 4.39 Å². The van der Waals surface area contributed by atoms with Crippen LogP contribution in [-0.4, -0.2) is 11.8 Å². The molecule has 0 heterocycles. The molecule has 32 heavy (non-hydrogen) atoms. The van der Waals surface area contributed by atoms with Crippen molar-refractivity contribution in [3.05, 3.63) is 114 Å². The molecule has 0 unspecified atom stereocenters. The molecule has 0 saturated heterocycles. The van der Waals surface area contributed by atoms with Gasteiger partial charge >= 0.3 is 5.97 Å². The molecular weight excluding hydrogens is 403 g/mol. The number of ether oxygens (including phenoxy) is 1. The number of esters is 1. The Kier molecular flexibility index (Phi) is 8.27. The highest BCUT2D eigenvalue weighted by molar-refractivity contribution is 6.06. The van der Waals surface area contributed by atoms with Crippen molar-refractivity contribution in [3.8, 4) is 5.75 Å². The molecule has 0 N–H and O–H groups in total. The smallest absolute Gasteiger partial charge is 0.311 e. The molecule has 3 aromatic carbocycles. The number of aryl methyl sites for hydroxylation is 1. The summed E-state index contributed by atoms with van der Waals surface area (Å²) in [4.78, 5) is 24.2. The van der Waals surface area contributed by atoms with Crippen molar-refractivity contribution in [2.45, 2.75) is 25.7 Å². The standard InChI is InChI=1S/C28H25FO3/c1-2-21-7-9-22(10-8-21)5-3-4-6-28(31)32-26-18-11-23(12-19-26)13-20-27(30)24-14-16-25(29)17-15-24/h2,7-20H,1,3-6H2. The molecule has 0 saturated carbocycles. The van der Waals surface area contributed by atoms with Gasteiger partial charge in [-0.15, -0.1) is 0 Å². The molecule has 0 fully saturated rings. The number of ketones is 1. The van der Waals surface area contributed by atoms with Crippen molar-refractivity contribution < 1.29 is 18.7 Å². The Morgan fingerprint density at radius 3 is 2.16 bits per heavy atom.